The number of pyridine rings is 1. The average molecular weight is 290 g/mol. The number of urea groups is 1. The summed E-state index contributed by atoms with van der Waals surface area (Å²) in [4.78, 5) is 26.5. The first-order valence-corrected chi connectivity index (χ1v) is 7.06. The largest absolute Gasteiger partial charge is 0.350 e. The molecular formula is C13H14N4O2S. The molecule has 0 aliphatic carbocycles. The van der Waals surface area contributed by atoms with Gasteiger partial charge in [0.25, 0.3) is 5.56 Å². The van der Waals surface area contributed by atoms with E-state index in [-0.39, 0.29) is 5.56 Å². The fourth-order valence-corrected chi connectivity index (χ4v) is 2.79. The molecule has 7 heteroatoms. The highest BCUT2D eigenvalue weighted by Gasteiger charge is 2.14. The van der Waals surface area contributed by atoms with Gasteiger partial charge in [-0.25, -0.2) is 10.2 Å². The van der Waals surface area contributed by atoms with E-state index in [9.17, 15) is 9.59 Å². The predicted octanol–water partition coefficient (Wildman–Crippen LogP) is 1.64. The number of hydrogen-bond acceptors (Lipinski definition) is 4. The summed E-state index contributed by atoms with van der Waals surface area (Å²) >= 11 is 1.46. The Labute approximate surface area is 119 Å². The van der Waals surface area contributed by atoms with Crippen molar-refractivity contribution in [2.24, 2.45) is 10.8 Å². The van der Waals surface area contributed by atoms with E-state index < -0.39 is 6.03 Å². The van der Waals surface area contributed by atoms with Crippen LogP contribution >= 0.6 is 11.8 Å². The van der Waals surface area contributed by atoms with Crippen LogP contribution in [0.25, 0.3) is 10.9 Å². The van der Waals surface area contributed by atoms with E-state index in [0.717, 1.165) is 15.8 Å². The maximum atomic E-state index is 12.2. The number of rotatable bonds is 3. The van der Waals surface area contributed by atoms with Gasteiger partial charge in [-0.05, 0) is 19.2 Å². The zero-order chi connectivity index (χ0) is 14.7. The van der Waals surface area contributed by atoms with Gasteiger partial charge in [0, 0.05) is 15.8 Å². The molecule has 0 bridgehead atoms. The molecule has 1 aromatic carbocycles. The zero-order valence-electron chi connectivity index (χ0n) is 11.1. The van der Waals surface area contributed by atoms with Crippen LogP contribution in [0.5, 0.6) is 0 Å². The number of fused-ring (bicyclic) bond motifs is 1. The summed E-state index contributed by atoms with van der Waals surface area (Å²) in [5.74, 6) is 0. The first kappa shape index (κ1) is 14.1. The topological polar surface area (TPSA) is 100 Å². The number of nitrogens with two attached hydrogens (primary N) is 1. The number of carbonyl (C=O) groups excluding carboxylic acids is 1. The molecule has 0 atom stereocenters. The van der Waals surface area contributed by atoms with Crippen LogP contribution in [0.3, 0.4) is 0 Å². The highest BCUT2D eigenvalue weighted by atomic mass is 32.2. The van der Waals surface area contributed by atoms with Crippen LogP contribution in [0.4, 0.5) is 4.79 Å². The SMILES string of the molecule is CSc1c(C(C)=NNC(N)=O)c(=O)[nH]c2ccccc12. The highest BCUT2D eigenvalue weighted by molar-refractivity contribution is 7.99. The van der Waals surface area contributed by atoms with E-state index in [0.29, 0.717) is 11.3 Å². The third-order valence-electron chi connectivity index (χ3n) is 2.77. The molecule has 1 heterocycles. The van der Waals surface area contributed by atoms with Crippen molar-refractivity contribution in [1.29, 1.82) is 0 Å². The summed E-state index contributed by atoms with van der Waals surface area (Å²) in [5.41, 5.74) is 8.46. The number of hydrogen-bond donors (Lipinski definition) is 3. The Kier molecular flexibility index (Phi) is 4.09. The van der Waals surface area contributed by atoms with Gasteiger partial charge >= 0.3 is 6.03 Å². The normalized spacial score (nSPS) is 11.6. The molecule has 0 radical (unpaired) electrons. The van der Waals surface area contributed by atoms with E-state index in [2.05, 4.69) is 15.5 Å². The Bertz CT molecular complexity index is 752. The molecule has 0 unspecified atom stereocenters. The first-order chi connectivity index (χ1) is 9.54. The van der Waals surface area contributed by atoms with Crippen molar-refractivity contribution in [3.63, 3.8) is 0 Å². The van der Waals surface area contributed by atoms with Crippen molar-refractivity contribution in [2.45, 2.75) is 11.8 Å². The third kappa shape index (κ3) is 2.67. The number of aromatic nitrogens is 1. The summed E-state index contributed by atoms with van der Waals surface area (Å²) in [5, 5.41) is 4.76. The second-order valence-corrected chi connectivity index (χ2v) is 4.90. The summed E-state index contributed by atoms with van der Waals surface area (Å²) in [7, 11) is 0. The number of nitrogens with zero attached hydrogens (tertiary/aromatic N) is 1. The molecule has 104 valence electrons. The Morgan fingerprint density at radius 2 is 2.10 bits per heavy atom. The third-order valence-corrected chi connectivity index (χ3v) is 3.61. The van der Waals surface area contributed by atoms with Crippen LogP contribution in [0.2, 0.25) is 0 Å². The molecule has 2 rings (SSSR count). The van der Waals surface area contributed by atoms with Crippen LogP contribution in [-0.2, 0) is 0 Å². The van der Waals surface area contributed by atoms with Crippen LogP contribution in [-0.4, -0.2) is 23.0 Å². The fraction of sp³-hybridized carbons (Fsp3) is 0.154. The second-order valence-electron chi connectivity index (χ2n) is 4.08. The summed E-state index contributed by atoms with van der Waals surface area (Å²) in [6.07, 6.45) is 1.89. The van der Waals surface area contributed by atoms with Crippen molar-refractivity contribution < 1.29 is 4.79 Å². The minimum atomic E-state index is -0.771. The van der Waals surface area contributed by atoms with Gasteiger partial charge in [0.2, 0.25) is 0 Å². The van der Waals surface area contributed by atoms with E-state index in [1.165, 1.54) is 11.8 Å². The number of hydrazone groups is 1. The van der Waals surface area contributed by atoms with Crippen LogP contribution in [0, 0.1) is 0 Å². The van der Waals surface area contributed by atoms with Crippen molar-refractivity contribution in [1.82, 2.24) is 10.4 Å². The van der Waals surface area contributed by atoms with Gasteiger partial charge in [-0.15, -0.1) is 11.8 Å². The average Bonchev–Trinajstić information content (AvgIpc) is 2.43. The predicted molar refractivity (Wildman–Crippen MR) is 81.3 cm³/mol. The lowest BCUT2D eigenvalue weighted by atomic mass is 10.1. The Hall–Kier alpha value is -2.28. The lowest BCUT2D eigenvalue weighted by molar-refractivity contribution is 0.249. The monoisotopic (exact) mass is 290 g/mol. The maximum absolute atomic E-state index is 12.2. The number of carbonyl (C=O) groups is 1. The number of primary amides is 1. The smallest absolute Gasteiger partial charge is 0.332 e. The molecular weight excluding hydrogens is 276 g/mol. The van der Waals surface area contributed by atoms with Crippen molar-refractivity contribution >= 4 is 34.4 Å². The molecule has 0 spiro atoms. The van der Waals surface area contributed by atoms with Gasteiger partial charge in [0.15, 0.2) is 0 Å². The van der Waals surface area contributed by atoms with Gasteiger partial charge in [-0.2, -0.15) is 5.10 Å². The molecule has 4 N–H and O–H groups in total. The summed E-state index contributed by atoms with van der Waals surface area (Å²) in [6, 6.07) is 6.76. The molecule has 0 aliphatic heterocycles. The van der Waals surface area contributed by atoms with E-state index in [4.69, 9.17) is 5.73 Å². The number of H-pyrrole nitrogens is 1. The second kappa shape index (κ2) is 5.79. The summed E-state index contributed by atoms with van der Waals surface area (Å²) in [6.45, 7) is 1.65. The molecule has 0 fully saturated rings. The molecule has 0 aliphatic rings. The number of nitrogens with one attached hydrogen (secondary N) is 2. The van der Waals surface area contributed by atoms with Gasteiger partial charge in [0.05, 0.1) is 11.3 Å². The van der Waals surface area contributed by atoms with Gasteiger partial charge < -0.3 is 10.7 Å². The van der Waals surface area contributed by atoms with Crippen LogP contribution in [0.15, 0.2) is 39.1 Å². The highest BCUT2D eigenvalue weighted by Crippen LogP contribution is 2.27. The van der Waals surface area contributed by atoms with E-state index >= 15 is 0 Å². The van der Waals surface area contributed by atoms with Gasteiger partial charge in [-0.3, -0.25) is 4.79 Å². The van der Waals surface area contributed by atoms with Crippen LogP contribution < -0.4 is 16.7 Å². The molecule has 6 nitrogen and oxygen atoms in total. The first-order valence-electron chi connectivity index (χ1n) is 5.83. The lowest BCUT2D eigenvalue weighted by Crippen LogP contribution is -2.27. The lowest BCUT2D eigenvalue weighted by Gasteiger charge is -2.10. The van der Waals surface area contributed by atoms with E-state index in [1.807, 2.05) is 30.5 Å². The van der Waals surface area contributed by atoms with Crippen LogP contribution in [0.1, 0.15) is 12.5 Å². The zero-order valence-corrected chi connectivity index (χ0v) is 11.9. The number of para-hydroxylation sites is 1. The van der Waals surface area contributed by atoms with Crippen molar-refractivity contribution in [3.8, 4) is 0 Å². The minimum absolute atomic E-state index is 0.249. The fourth-order valence-electron chi connectivity index (χ4n) is 1.95. The van der Waals surface area contributed by atoms with Crippen molar-refractivity contribution in [3.05, 3.63) is 40.2 Å². The number of aromatic amines is 1. The maximum Gasteiger partial charge on any atom is 0.332 e. The Morgan fingerprint density at radius 3 is 2.75 bits per heavy atom. The molecule has 0 saturated heterocycles. The standard InChI is InChI=1S/C13H14N4O2S/c1-7(16-17-13(14)19)10-11(20-2)8-5-3-4-6-9(8)15-12(10)18/h3-6H,1-2H3,(H,15,18)(H3,14,17,19). The van der Waals surface area contributed by atoms with Gasteiger partial charge in [-0.1, -0.05) is 18.2 Å². The Morgan fingerprint density at radius 1 is 1.40 bits per heavy atom. The molecule has 2 aromatic rings. The molecule has 20 heavy (non-hydrogen) atoms. The summed E-state index contributed by atoms with van der Waals surface area (Å²) < 4.78 is 0. The van der Waals surface area contributed by atoms with Crippen molar-refractivity contribution in [2.75, 3.05) is 6.26 Å². The molecule has 1 aromatic heterocycles. The minimum Gasteiger partial charge on any atom is -0.350 e. The Balaban J connectivity index is 2.69. The van der Waals surface area contributed by atoms with E-state index in [1.54, 1.807) is 6.92 Å². The number of thioether (sulfide) groups is 1. The molecule has 0 saturated carbocycles. The quantitative estimate of drug-likeness (QED) is 0.455. The number of amides is 2. The molecule has 2 amide bonds. The number of benzene rings is 1. The van der Waals surface area contributed by atoms with Gasteiger partial charge in [0.1, 0.15) is 0 Å².